The van der Waals surface area contributed by atoms with Gasteiger partial charge in [0.2, 0.25) is 5.13 Å². The fourth-order valence-corrected chi connectivity index (χ4v) is 4.44. The Morgan fingerprint density at radius 2 is 1.50 bits per heavy atom. The molecule has 4 rings (SSSR count). The van der Waals surface area contributed by atoms with E-state index in [1.54, 1.807) is 11.8 Å². The van der Waals surface area contributed by atoms with Crippen molar-refractivity contribution in [3.8, 4) is 0 Å². The third kappa shape index (κ3) is 5.43. The van der Waals surface area contributed by atoms with Crippen LogP contribution in [0.1, 0.15) is 16.1 Å². The van der Waals surface area contributed by atoms with E-state index in [1.807, 2.05) is 84.9 Å². The third-order valence-electron chi connectivity index (χ3n) is 4.23. The molecule has 0 atom stereocenters. The molecule has 0 spiro atoms. The first-order valence-corrected chi connectivity index (χ1v) is 11.2. The average Bonchev–Trinajstić information content (AvgIpc) is 3.25. The van der Waals surface area contributed by atoms with Crippen LogP contribution in [-0.4, -0.2) is 16.1 Å². The minimum atomic E-state index is -0.205. The molecule has 0 unspecified atom stereocenters. The van der Waals surface area contributed by atoms with E-state index >= 15 is 0 Å². The van der Waals surface area contributed by atoms with E-state index in [0.717, 1.165) is 16.1 Å². The Morgan fingerprint density at radius 3 is 2.20 bits per heavy atom. The van der Waals surface area contributed by atoms with Gasteiger partial charge in [0.05, 0.1) is 5.75 Å². The summed E-state index contributed by atoms with van der Waals surface area (Å²) in [5.41, 5.74) is 2.39. The lowest BCUT2D eigenvalue weighted by atomic mass is 10.0. The summed E-state index contributed by atoms with van der Waals surface area (Å²) >= 11 is 3.09. The maximum absolute atomic E-state index is 13.1. The van der Waals surface area contributed by atoms with E-state index in [4.69, 9.17) is 0 Å². The van der Waals surface area contributed by atoms with Gasteiger partial charge < -0.3 is 0 Å². The Hall–Kier alpha value is -3.22. The second-order valence-electron chi connectivity index (χ2n) is 6.39. The Labute approximate surface area is 183 Å². The van der Waals surface area contributed by atoms with Crippen LogP contribution in [0.3, 0.4) is 0 Å². The Balaban J connectivity index is 1.49. The lowest BCUT2D eigenvalue weighted by Gasteiger charge is -2.07. The highest BCUT2D eigenvalue weighted by molar-refractivity contribution is 7.98. The van der Waals surface area contributed by atoms with Gasteiger partial charge in [-0.25, -0.2) is 0 Å². The van der Waals surface area contributed by atoms with E-state index in [9.17, 15) is 4.79 Å². The van der Waals surface area contributed by atoms with Crippen molar-refractivity contribution in [3.63, 3.8) is 0 Å². The van der Waals surface area contributed by atoms with Crippen molar-refractivity contribution in [2.75, 3.05) is 5.32 Å². The van der Waals surface area contributed by atoms with Crippen LogP contribution < -0.4 is 5.32 Å². The average molecular weight is 430 g/mol. The van der Waals surface area contributed by atoms with Crippen molar-refractivity contribution in [2.24, 2.45) is 0 Å². The van der Waals surface area contributed by atoms with E-state index < -0.39 is 0 Å². The maximum atomic E-state index is 13.1. The van der Waals surface area contributed by atoms with Gasteiger partial charge in [-0.3, -0.25) is 10.1 Å². The lowest BCUT2D eigenvalue weighted by Crippen LogP contribution is -2.13. The number of amides is 1. The summed E-state index contributed by atoms with van der Waals surface area (Å²) in [6.07, 6.45) is 1.89. The molecule has 0 aliphatic heterocycles. The highest BCUT2D eigenvalue weighted by Crippen LogP contribution is 2.27. The molecule has 3 aromatic carbocycles. The van der Waals surface area contributed by atoms with Crippen LogP contribution in [0.25, 0.3) is 11.6 Å². The first kappa shape index (κ1) is 20.1. The van der Waals surface area contributed by atoms with Gasteiger partial charge in [-0.1, -0.05) is 90.2 Å². The number of anilines is 1. The lowest BCUT2D eigenvalue weighted by molar-refractivity contribution is -0.111. The second kappa shape index (κ2) is 10.0. The van der Waals surface area contributed by atoms with Gasteiger partial charge >= 0.3 is 0 Å². The standard InChI is InChI=1S/C24H19N3OS2/c28-23(21(19-12-6-2-7-13-19)16-18-10-4-1-5-11-18)25-24-27-26-22(30-24)17-29-20-14-8-3-9-15-20/h1-16H,17H2,(H,25,27,28)/b21-16-. The number of thioether (sulfide) groups is 1. The minimum absolute atomic E-state index is 0.205. The van der Waals surface area contributed by atoms with Gasteiger partial charge in [0.15, 0.2) is 0 Å². The van der Waals surface area contributed by atoms with Crippen molar-refractivity contribution in [1.82, 2.24) is 10.2 Å². The summed E-state index contributed by atoms with van der Waals surface area (Å²) in [6.45, 7) is 0. The normalized spacial score (nSPS) is 11.3. The number of benzene rings is 3. The third-order valence-corrected chi connectivity index (χ3v) is 6.28. The Bertz CT molecular complexity index is 1130. The second-order valence-corrected chi connectivity index (χ2v) is 8.50. The molecule has 0 saturated heterocycles. The van der Waals surface area contributed by atoms with Crippen LogP contribution in [0.2, 0.25) is 0 Å². The number of carbonyl (C=O) groups excluding carboxylic acids is 1. The summed E-state index contributed by atoms with van der Waals surface area (Å²) in [4.78, 5) is 14.2. The molecule has 1 heterocycles. The fourth-order valence-electron chi connectivity index (χ4n) is 2.80. The smallest absolute Gasteiger partial charge is 0.258 e. The van der Waals surface area contributed by atoms with E-state index in [1.165, 1.54) is 16.2 Å². The molecule has 1 aromatic heterocycles. The van der Waals surface area contributed by atoms with Crippen LogP contribution in [0, 0.1) is 0 Å². The molecule has 4 aromatic rings. The van der Waals surface area contributed by atoms with Gasteiger partial charge in [0.1, 0.15) is 5.01 Å². The Morgan fingerprint density at radius 1 is 0.867 bits per heavy atom. The van der Waals surface area contributed by atoms with Crippen molar-refractivity contribution in [3.05, 3.63) is 107 Å². The predicted molar refractivity (Wildman–Crippen MR) is 125 cm³/mol. The van der Waals surface area contributed by atoms with Gasteiger partial charge in [0, 0.05) is 10.5 Å². The van der Waals surface area contributed by atoms with Gasteiger partial charge in [-0.05, 0) is 29.3 Å². The van der Waals surface area contributed by atoms with Gasteiger partial charge in [0.25, 0.3) is 5.91 Å². The van der Waals surface area contributed by atoms with Crippen molar-refractivity contribution in [2.45, 2.75) is 10.6 Å². The number of carbonyl (C=O) groups is 1. The maximum Gasteiger partial charge on any atom is 0.258 e. The summed E-state index contributed by atoms with van der Waals surface area (Å²) < 4.78 is 0. The monoisotopic (exact) mass is 429 g/mol. The molecule has 4 nitrogen and oxygen atoms in total. The van der Waals surface area contributed by atoms with Gasteiger partial charge in [-0.2, -0.15) is 0 Å². The zero-order valence-corrected chi connectivity index (χ0v) is 17.7. The van der Waals surface area contributed by atoms with Crippen molar-refractivity contribution in [1.29, 1.82) is 0 Å². The zero-order valence-electron chi connectivity index (χ0n) is 16.1. The molecule has 148 valence electrons. The predicted octanol–water partition coefficient (Wildman–Crippen LogP) is 6.01. The number of hydrogen-bond donors (Lipinski definition) is 1. The molecule has 0 radical (unpaired) electrons. The van der Waals surface area contributed by atoms with Crippen LogP contribution in [-0.2, 0) is 10.5 Å². The summed E-state index contributed by atoms with van der Waals surface area (Å²) in [6, 6.07) is 29.6. The SMILES string of the molecule is O=C(Nc1nnc(CSc2ccccc2)s1)/C(=C\c1ccccc1)c1ccccc1. The summed E-state index contributed by atoms with van der Waals surface area (Å²) in [5.74, 6) is 0.506. The van der Waals surface area contributed by atoms with E-state index in [2.05, 4.69) is 27.6 Å². The van der Waals surface area contributed by atoms with Crippen molar-refractivity contribution < 1.29 is 4.79 Å². The van der Waals surface area contributed by atoms with Crippen molar-refractivity contribution >= 4 is 45.8 Å². The zero-order chi connectivity index (χ0) is 20.6. The molecule has 0 aliphatic carbocycles. The molecule has 0 bridgehead atoms. The fraction of sp³-hybridized carbons (Fsp3) is 0.0417. The number of nitrogens with zero attached hydrogens (tertiary/aromatic N) is 2. The first-order valence-electron chi connectivity index (χ1n) is 9.42. The van der Waals surface area contributed by atoms with Crippen LogP contribution >= 0.6 is 23.1 Å². The van der Waals surface area contributed by atoms with E-state index in [0.29, 0.717) is 16.5 Å². The molecule has 0 saturated carbocycles. The van der Waals surface area contributed by atoms with Crippen LogP contribution in [0.5, 0.6) is 0 Å². The summed E-state index contributed by atoms with van der Waals surface area (Å²) in [5, 5.41) is 12.6. The molecule has 1 N–H and O–H groups in total. The first-order chi connectivity index (χ1) is 14.8. The number of hydrogen-bond acceptors (Lipinski definition) is 5. The molecular formula is C24H19N3OS2. The van der Waals surface area contributed by atoms with Gasteiger partial charge in [-0.15, -0.1) is 22.0 Å². The number of rotatable bonds is 7. The quantitative estimate of drug-likeness (QED) is 0.222. The minimum Gasteiger partial charge on any atom is -0.296 e. The van der Waals surface area contributed by atoms with Crippen LogP contribution in [0.4, 0.5) is 5.13 Å². The topological polar surface area (TPSA) is 54.9 Å². The molecule has 0 aliphatic rings. The highest BCUT2D eigenvalue weighted by atomic mass is 32.2. The van der Waals surface area contributed by atoms with Crippen LogP contribution in [0.15, 0.2) is 95.9 Å². The molecular weight excluding hydrogens is 410 g/mol. The number of aromatic nitrogens is 2. The summed E-state index contributed by atoms with van der Waals surface area (Å²) in [7, 11) is 0. The molecule has 6 heteroatoms. The largest absolute Gasteiger partial charge is 0.296 e. The highest BCUT2D eigenvalue weighted by Gasteiger charge is 2.15. The molecule has 1 amide bonds. The van der Waals surface area contributed by atoms with E-state index in [-0.39, 0.29) is 5.91 Å². The number of nitrogens with one attached hydrogen (secondary N) is 1. The molecule has 30 heavy (non-hydrogen) atoms. The molecule has 0 fully saturated rings. The Kier molecular flexibility index (Phi) is 6.69.